The minimum Gasteiger partial charge on any atom is -0.203 e. The molecular weight excluding hydrogens is 261 g/mol. The van der Waals surface area contributed by atoms with E-state index >= 15 is 0 Å². The van der Waals surface area contributed by atoms with E-state index in [0.717, 1.165) is 3.57 Å². The van der Waals surface area contributed by atoms with Crippen molar-refractivity contribution in [1.29, 1.82) is 0 Å². The van der Waals surface area contributed by atoms with Crippen LogP contribution in [0, 0.1) is 29.1 Å². The van der Waals surface area contributed by atoms with E-state index in [2.05, 4.69) is 0 Å². The Morgan fingerprint density at radius 3 is 2.27 bits per heavy atom. The first-order valence-corrected chi connectivity index (χ1v) is 4.22. The van der Waals surface area contributed by atoms with Crippen molar-refractivity contribution in [3.63, 3.8) is 0 Å². The van der Waals surface area contributed by atoms with Gasteiger partial charge in [0.1, 0.15) is 0 Å². The quantitative estimate of drug-likeness (QED) is 0.500. The van der Waals surface area contributed by atoms with Crippen LogP contribution in [0.2, 0.25) is 0 Å². The zero-order valence-corrected chi connectivity index (χ0v) is 8.37. The molecule has 1 aromatic carbocycles. The van der Waals surface area contributed by atoms with Crippen molar-refractivity contribution in [2.75, 3.05) is 0 Å². The van der Waals surface area contributed by atoms with E-state index in [4.69, 9.17) is 0 Å². The summed E-state index contributed by atoms with van der Waals surface area (Å²) in [5, 5.41) is 0. The van der Waals surface area contributed by atoms with Crippen LogP contribution >= 0.6 is 22.6 Å². The van der Waals surface area contributed by atoms with Gasteiger partial charge in [-0.3, -0.25) is 0 Å². The first-order chi connectivity index (χ1) is 5.04. The van der Waals surface area contributed by atoms with Crippen LogP contribution in [0.5, 0.6) is 0 Å². The highest BCUT2D eigenvalue weighted by molar-refractivity contribution is 14.1. The van der Waals surface area contributed by atoms with E-state index in [-0.39, 0.29) is 0 Å². The van der Waals surface area contributed by atoms with Crippen molar-refractivity contribution in [3.8, 4) is 0 Å². The molecule has 0 aromatic heterocycles. The first-order valence-electron chi connectivity index (χ1n) is 3.14. The number of halogens is 3. The van der Waals surface area contributed by atoms with E-state index in [0.29, 0.717) is 11.1 Å². The van der Waals surface area contributed by atoms with Gasteiger partial charge in [-0.15, -0.1) is 0 Å². The summed E-state index contributed by atoms with van der Waals surface area (Å²) in [5.41, 5.74) is 0.742. The molecule has 0 aliphatic rings. The topological polar surface area (TPSA) is 0 Å². The fourth-order valence-electron chi connectivity index (χ4n) is 0.804. The molecule has 0 heterocycles. The Balaban J connectivity index is 3.46. The molecule has 0 nitrogen and oxygen atoms in total. The van der Waals surface area contributed by atoms with Crippen LogP contribution < -0.4 is 0 Å². The summed E-state index contributed by atoms with van der Waals surface area (Å²) >= 11 is 1.99. The van der Waals surface area contributed by atoms with Crippen LogP contribution in [0.4, 0.5) is 8.78 Å². The van der Waals surface area contributed by atoms with Gasteiger partial charge in [0, 0.05) is 9.13 Å². The largest absolute Gasteiger partial charge is 0.203 e. The Labute approximate surface area is 77.8 Å². The molecule has 0 bridgehead atoms. The highest BCUT2D eigenvalue weighted by Gasteiger charge is 2.10. The van der Waals surface area contributed by atoms with E-state index in [9.17, 15) is 8.78 Å². The number of benzene rings is 1. The van der Waals surface area contributed by atoms with Crippen LogP contribution in [0.3, 0.4) is 0 Å². The van der Waals surface area contributed by atoms with Gasteiger partial charge >= 0.3 is 0 Å². The molecular formula is C8H7F2I. The van der Waals surface area contributed by atoms with Crippen molar-refractivity contribution >= 4 is 22.6 Å². The van der Waals surface area contributed by atoms with Crippen LogP contribution in [0.25, 0.3) is 0 Å². The third-order valence-corrected chi connectivity index (χ3v) is 2.69. The van der Waals surface area contributed by atoms with Gasteiger partial charge in [0.05, 0.1) is 0 Å². The molecule has 60 valence electrons. The van der Waals surface area contributed by atoms with Crippen molar-refractivity contribution in [1.82, 2.24) is 0 Å². The standard InChI is InChI=1S/C8H7F2I/c1-4-3-6(11)5(2)8(10)7(4)9/h3H,1-2H3. The molecule has 0 saturated carbocycles. The number of aryl methyl sites for hydroxylation is 1. The van der Waals surface area contributed by atoms with Gasteiger partial charge in [0.25, 0.3) is 0 Å². The maximum Gasteiger partial charge on any atom is 0.163 e. The second-order valence-corrected chi connectivity index (χ2v) is 3.59. The van der Waals surface area contributed by atoms with Crippen molar-refractivity contribution in [3.05, 3.63) is 32.4 Å². The molecule has 0 saturated heterocycles. The summed E-state index contributed by atoms with van der Waals surface area (Å²) in [6.45, 7) is 3.12. The Morgan fingerprint density at radius 2 is 1.73 bits per heavy atom. The maximum atomic E-state index is 12.9. The minimum atomic E-state index is -0.733. The van der Waals surface area contributed by atoms with E-state index in [1.807, 2.05) is 22.6 Å². The number of rotatable bonds is 0. The van der Waals surface area contributed by atoms with E-state index in [1.54, 1.807) is 19.9 Å². The molecule has 1 aromatic rings. The van der Waals surface area contributed by atoms with Gasteiger partial charge < -0.3 is 0 Å². The summed E-state index contributed by atoms with van der Waals surface area (Å²) in [5.74, 6) is -1.46. The Bertz CT molecular complexity index is 268. The smallest absolute Gasteiger partial charge is 0.163 e. The molecule has 0 fully saturated rings. The lowest BCUT2D eigenvalue weighted by Gasteiger charge is -2.03. The molecule has 1 rings (SSSR count). The molecule has 0 amide bonds. The minimum absolute atomic E-state index is 0.359. The van der Waals surface area contributed by atoms with Crippen molar-refractivity contribution < 1.29 is 8.78 Å². The predicted octanol–water partition coefficient (Wildman–Crippen LogP) is 3.19. The zero-order valence-electron chi connectivity index (χ0n) is 6.21. The molecule has 0 aliphatic carbocycles. The molecule has 0 radical (unpaired) electrons. The fraction of sp³-hybridized carbons (Fsp3) is 0.250. The molecule has 0 aliphatic heterocycles. The second kappa shape index (κ2) is 3.05. The van der Waals surface area contributed by atoms with E-state index < -0.39 is 11.6 Å². The average Bonchev–Trinajstić information content (AvgIpc) is 1.97. The van der Waals surface area contributed by atoms with Gasteiger partial charge in [-0.25, -0.2) is 8.78 Å². The molecule has 0 unspecified atom stereocenters. The van der Waals surface area contributed by atoms with Crippen molar-refractivity contribution in [2.45, 2.75) is 13.8 Å². The normalized spacial score (nSPS) is 10.3. The highest BCUT2D eigenvalue weighted by atomic mass is 127. The third kappa shape index (κ3) is 1.52. The molecule has 0 spiro atoms. The second-order valence-electron chi connectivity index (χ2n) is 2.43. The van der Waals surface area contributed by atoms with Crippen molar-refractivity contribution in [2.24, 2.45) is 0 Å². The summed E-state index contributed by atoms with van der Waals surface area (Å²) in [7, 11) is 0. The van der Waals surface area contributed by atoms with Crippen LogP contribution in [-0.4, -0.2) is 0 Å². The van der Waals surface area contributed by atoms with E-state index in [1.165, 1.54) is 0 Å². The van der Waals surface area contributed by atoms with Gasteiger partial charge in [-0.05, 0) is 48.1 Å². The van der Waals surface area contributed by atoms with Crippen LogP contribution in [-0.2, 0) is 0 Å². The molecule has 0 atom stereocenters. The molecule has 0 N–H and O–H groups in total. The summed E-state index contributed by atoms with van der Waals surface area (Å²) < 4.78 is 26.4. The fourth-order valence-corrected chi connectivity index (χ4v) is 1.51. The summed E-state index contributed by atoms with van der Waals surface area (Å²) in [6.07, 6.45) is 0. The lowest BCUT2D eigenvalue weighted by molar-refractivity contribution is 0.496. The lowest BCUT2D eigenvalue weighted by Crippen LogP contribution is -1.95. The monoisotopic (exact) mass is 268 g/mol. The van der Waals surface area contributed by atoms with Crippen LogP contribution in [0.1, 0.15) is 11.1 Å². The Morgan fingerprint density at radius 1 is 1.18 bits per heavy atom. The average molecular weight is 268 g/mol. The number of hydrogen-bond acceptors (Lipinski definition) is 0. The van der Waals surface area contributed by atoms with Gasteiger partial charge in [-0.2, -0.15) is 0 Å². The predicted molar refractivity (Wildman–Crippen MR) is 48.5 cm³/mol. The highest BCUT2D eigenvalue weighted by Crippen LogP contribution is 2.20. The zero-order chi connectivity index (χ0) is 8.59. The third-order valence-electron chi connectivity index (χ3n) is 1.57. The molecule has 3 heteroatoms. The van der Waals surface area contributed by atoms with Gasteiger partial charge in [0.15, 0.2) is 11.6 Å². The number of hydrogen-bond donors (Lipinski definition) is 0. The Hall–Kier alpha value is -0.190. The van der Waals surface area contributed by atoms with Gasteiger partial charge in [0.2, 0.25) is 0 Å². The Kier molecular flexibility index (Phi) is 2.47. The van der Waals surface area contributed by atoms with Gasteiger partial charge in [-0.1, -0.05) is 0 Å². The summed E-state index contributed by atoms with van der Waals surface area (Å²) in [4.78, 5) is 0. The maximum absolute atomic E-state index is 12.9. The summed E-state index contributed by atoms with van der Waals surface area (Å²) in [6, 6.07) is 1.63. The molecule has 11 heavy (non-hydrogen) atoms. The van der Waals surface area contributed by atoms with Crippen LogP contribution in [0.15, 0.2) is 6.07 Å². The SMILES string of the molecule is Cc1cc(I)c(C)c(F)c1F. The lowest BCUT2D eigenvalue weighted by atomic mass is 10.1. The first kappa shape index (κ1) is 8.90.